The van der Waals surface area contributed by atoms with Crippen molar-refractivity contribution in [3.8, 4) is 5.75 Å². The summed E-state index contributed by atoms with van der Waals surface area (Å²) in [4.78, 5) is 0. The van der Waals surface area contributed by atoms with E-state index in [9.17, 15) is 0 Å². The third-order valence-electron chi connectivity index (χ3n) is 3.24. The van der Waals surface area contributed by atoms with Gasteiger partial charge in [-0.3, -0.25) is 0 Å². The van der Waals surface area contributed by atoms with Gasteiger partial charge in [0.2, 0.25) is 0 Å². The van der Waals surface area contributed by atoms with Gasteiger partial charge in [-0.25, -0.2) is 0 Å². The van der Waals surface area contributed by atoms with E-state index < -0.39 is 0 Å². The van der Waals surface area contributed by atoms with Crippen molar-refractivity contribution in [1.29, 1.82) is 0 Å². The van der Waals surface area contributed by atoms with Gasteiger partial charge in [-0.1, -0.05) is 12.1 Å². The molecule has 1 heterocycles. The van der Waals surface area contributed by atoms with Gasteiger partial charge in [0.05, 0.1) is 12.4 Å². The Labute approximate surface area is 121 Å². The van der Waals surface area contributed by atoms with Gasteiger partial charge < -0.3 is 14.5 Å². The van der Waals surface area contributed by atoms with Crippen molar-refractivity contribution in [1.82, 2.24) is 5.32 Å². The topological polar surface area (TPSA) is 34.4 Å². The Bertz CT molecular complexity index is 505. The number of aryl methyl sites for hydroxylation is 1. The number of benzene rings is 1. The lowest BCUT2D eigenvalue weighted by Gasteiger charge is -2.18. The van der Waals surface area contributed by atoms with Crippen molar-refractivity contribution in [2.24, 2.45) is 0 Å². The normalized spacial score (nSPS) is 12.6. The number of nitrogens with one attached hydrogen (secondary N) is 1. The average molecular weight is 273 g/mol. The minimum Gasteiger partial charge on any atom is -0.491 e. The zero-order chi connectivity index (χ0) is 14.4. The fraction of sp³-hybridized carbons (Fsp3) is 0.412. The van der Waals surface area contributed by atoms with Gasteiger partial charge in [0, 0.05) is 12.5 Å². The Morgan fingerprint density at radius 3 is 2.70 bits per heavy atom. The second-order valence-corrected chi connectivity index (χ2v) is 5.20. The predicted octanol–water partition coefficient (Wildman–Crippen LogP) is 3.96. The molecule has 0 aliphatic heterocycles. The Hall–Kier alpha value is -1.74. The highest BCUT2D eigenvalue weighted by molar-refractivity contribution is 5.30. The monoisotopic (exact) mass is 273 g/mol. The van der Waals surface area contributed by atoms with Crippen molar-refractivity contribution in [3.63, 3.8) is 0 Å². The third-order valence-corrected chi connectivity index (χ3v) is 3.24. The molecule has 2 aromatic rings. The Balaban J connectivity index is 2.02. The number of ether oxygens (including phenoxy) is 1. The molecule has 0 radical (unpaired) electrons. The lowest BCUT2D eigenvalue weighted by atomic mass is 10.0. The molecular weight excluding hydrogens is 250 g/mol. The minimum atomic E-state index is 0.196. The molecule has 0 spiro atoms. The summed E-state index contributed by atoms with van der Waals surface area (Å²) in [5.74, 6) is 1.95. The summed E-state index contributed by atoms with van der Waals surface area (Å²) in [6, 6.07) is 12.6. The Morgan fingerprint density at radius 1 is 1.20 bits per heavy atom. The van der Waals surface area contributed by atoms with Crippen LogP contribution in [-0.2, 0) is 6.42 Å². The maximum Gasteiger partial charge on any atom is 0.120 e. The van der Waals surface area contributed by atoms with Crippen LogP contribution in [0.15, 0.2) is 47.1 Å². The van der Waals surface area contributed by atoms with Gasteiger partial charge in [-0.15, -0.1) is 0 Å². The van der Waals surface area contributed by atoms with Gasteiger partial charge in [0.15, 0.2) is 0 Å². The molecule has 1 atom stereocenters. The van der Waals surface area contributed by atoms with Gasteiger partial charge in [-0.2, -0.15) is 0 Å². The Kier molecular flexibility index (Phi) is 5.24. The molecule has 0 aliphatic rings. The quantitative estimate of drug-likeness (QED) is 0.829. The van der Waals surface area contributed by atoms with E-state index in [1.165, 1.54) is 5.56 Å². The van der Waals surface area contributed by atoms with Crippen LogP contribution in [0.1, 0.15) is 37.6 Å². The standard InChI is InChI=1S/C17H23NO2/c1-13(2)20-16-7-4-6-14(12-16)17(18-3)10-9-15-8-5-11-19-15/h4-8,11-13,17-18H,9-10H2,1-3H3. The predicted molar refractivity (Wildman–Crippen MR) is 81.0 cm³/mol. The van der Waals surface area contributed by atoms with E-state index in [1.807, 2.05) is 45.2 Å². The molecule has 0 amide bonds. The highest BCUT2D eigenvalue weighted by atomic mass is 16.5. The van der Waals surface area contributed by atoms with E-state index in [0.29, 0.717) is 6.04 Å². The van der Waals surface area contributed by atoms with Crippen LogP contribution in [0.3, 0.4) is 0 Å². The van der Waals surface area contributed by atoms with E-state index in [2.05, 4.69) is 17.4 Å². The summed E-state index contributed by atoms with van der Waals surface area (Å²) in [5.41, 5.74) is 1.25. The van der Waals surface area contributed by atoms with Crippen LogP contribution in [0, 0.1) is 0 Å². The summed E-state index contributed by atoms with van der Waals surface area (Å²) >= 11 is 0. The molecule has 1 aromatic carbocycles. The molecule has 0 saturated heterocycles. The van der Waals surface area contributed by atoms with Crippen LogP contribution in [0.25, 0.3) is 0 Å². The molecule has 108 valence electrons. The van der Waals surface area contributed by atoms with Gasteiger partial charge in [0.1, 0.15) is 11.5 Å². The minimum absolute atomic E-state index is 0.196. The maximum atomic E-state index is 5.75. The second-order valence-electron chi connectivity index (χ2n) is 5.20. The fourth-order valence-corrected chi connectivity index (χ4v) is 2.30. The third kappa shape index (κ3) is 4.14. The van der Waals surface area contributed by atoms with Crippen molar-refractivity contribution < 1.29 is 9.15 Å². The molecular formula is C17H23NO2. The van der Waals surface area contributed by atoms with E-state index in [0.717, 1.165) is 24.4 Å². The number of furan rings is 1. The molecule has 2 rings (SSSR count). The maximum absolute atomic E-state index is 5.75. The molecule has 3 nitrogen and oxygen atoms in total. The second kappa shape index (κ2) is 7.15. The molecule has 1 aromatic heterocycles. The van der Waals surface area contributed by atoms with Crippen LogP contribution in [0.5, 0.6) is 5.75 Å². The highest BCUT2D eigenvalue weighted by Gasteiger charge is 2.11. The molecule has 1 unspecified atom stereocenters. The van der Waals surface area contributed by atoms with Crippen molar-refractivity contribution in [2.45, 2.75) is 38.8 Å². The van der Waals surface area contributed by atoms with Crippen LogP contribution in [0.4, 0.5) is 0 Å². The molecule has 3 heteroatoms. The zero-order valence-electron chi connectivity index (χ0n) is 12.4. The van der Waals surface area contributed by atoms with E-state index in [-0.39, 0.29) is 6.10 Å². The molecule has 0 aliphatic carbocycles. The van der Waals surface area contributed by atoms with Crippen molar-refractivity contribution >= 4 is 0 Å². The van der Waals surface area contributed by atoms with Gasteiger partial charge in [-0.05, 0) is 57.1 Å². The molecule has 0 fully saturated rings. The molecule has 20 heavy (non-hydrogen) atoms. The number of rotatable bonds is 7. The number of hydrogen-bond donors (Lipinski definition) is 1. The van der Waals surface area contributed by atoms with Crippen LogP contribution in [0.2, 0.25) is 0 Å². The molecule has 0 bridgehead atoms. The van der Waals surface area contributed by atoms with Crippen molar-refractivity contribution in [2.75, 3.05) is 7.05 Å². The molecule has 0 saturated carbocycles. The van der Waals surface area contributed by atoms with Crippen LogP contribution < -0.4 is 10.1 Å². The van der Waals surface area contributed by atoms with Gasteiger partial charge >= 0.3 is 0 Å². The lowest BCUT2D eigenvalue weighted by molar-refractivity contribution is 0.242. The average Bonchev–Trinajstić information content (AvgIpc) is 2.92. The first-order valence-corrected chi connectivity index (χ1v) is 7.15. The van der Waals surface area contributed by atoms with Crippen LogP contribution >= 0.6 is 0 Å². The Morgan fingerprint density at radius 2 is 2.05 bits per heavy atom. The van der Waals surface area contributed by atoms with Crippen LogP contribution in [-0.4, -0.2) is 13.2 Å². The lowest BCUT2D eigenvalue weighted by Crippen LogP contribution is -2.17. The summed E-state index contributed by atoms with van der Waals surface area (Å²) < 4.78 is 11.1. The fourth-order valence-electron chi connectivity index (χ4n) is 2.30. The van der Waals surface area contributed by atoms with E-state index >= 15 is 0 Å². The number of hydrogen-bond acceptors (Lipinski definition) is 3. The highest BCUT2D eigenvalue weighted by Crippen LogP contribution is 2.23. The summed E-state index contributed by atoms with van der Waals surface area (Å²) in [7, 11) is 1.99. The first-order chi connectivity index (χ1) is 9.69. The summed E-state index contributed by atoms with van der Waals surface area (Å²) in [6.07, 6.45) is 3.84. The molecule has 1 N–H and O–H groups in total. The van der Waals surface area contributed by atoms with E-state index in [1.54, 1.807) is 6.26 Å². The SMILES string of the molecule is CNC(CCc1ccco1)c1cccc(OC(C)C)c1. The largest absolute Gasteiger partial charge is 0.491 e. The van der Waals surface area contributed by atoms with E-state index in [4.69, 9.17) is 9.15 Å². The zero-order valence-corrected chi connectivity index (χ0v) is 12.4. The first kappa shape index (κ1) is 14.7. The summed E-state index contributed by atoms with van der Waals surface area (Å²) in [5, 5.41) is 3.36. The first-order valence-electron chi connectivity index (χ1n) is 7.15. The van der Waals surface area contributed by atoms with Gasteiger partial charge in [0.25, 0.3) is 0 Å². The summed E-state index contributed by atoms with van der Waals surface area (Å²) in [6.45, 7) is 4.08. The van der Waals surface area contributed by atoms with Crippen molar-refractivity contribution in [3.05, 3.63) is 54.0 Å². The smallest absolute Gasteiger partial charge is 0.120 e.